The van der Waals surface area contributed by atoms with Gasteiger partial charge in [-0.25, -0.2) is 0 Å². The summed E-state index contributed by atoms with van der Waals surface area (Å²) in [4.78, 5) is 17.6. The number of hydrogen-bond donors (Lipinski definition) is 1. The van der Waals surface area contributed by atoms with Gasteiger partial charge in [0.25, 0.3) is 5.91 Å². The topological polar surface area (TPSA) is 50.7 Å². The maximum atomic E-state index is 12.3. The number of anilines is 1. The number of nitrogens with one attached hydrogen (secondary N) is 1. The van der Waals surface area contributed by atoms with Crippen molar-refractivity contribution >= 4 is 28.9 Å². The Hall–Kier alpha value is -2.33. The lowest BCUT2D eigenvalue weighted by Crippen LogP contribution is -2.28. The van der Waals surface area contributed by atoms with Crippen LogP contribution >= 0.6 is 11.6 Å². The van der Waals surface area contributed by atoms with Crippen LogP contribution in [-0.2, 0) is 9.63 Å². The number of benzene rings is 2. The second kappa shape index (κ2) is 6.20. The normalized spacial score (nSPS) is 16.8. The van der Waals surface area contributed by atoms with Crippen LogP contribution in [0.25, 0.3) is 0 Å². The molecule has 1 N–H and O–H groups in total. The zero-order chi connectivity index (χ0) is 15.5. The molecule has 2 aromatic carbocycles. The van der Waals surface area contributed by atoms with E-state index in [0.717, 1.165) is 16.8 Å². The molecular weight excluding hydrogens is 300 g/mol. The van der Waals surface area contributed by atoms with Crippen LogP contribution in [0.1, 0.15) is 17.5 Å². The van der Waals surface area contributed by atoms with Crippen LogP contribution in [-0.4, -0.2) is 17.7 Å². The minimum atomic E-state index is -0.617. The van der Waals surface area contributed by atoms with Crippen LogP contribution in [0.5, 0.6) is 0 Å². The molecular formula is C17H15ClN2O2. The molecule has 0 saturated carbocycles. The van der Waals surface area contributed by atoms with Gasteiger partial charge in [-0.05, 0) is 30.2 Å². The highest BCUT2D eigenvalue weighted by atomic mass is 35.5. The number of carbonyl (C=O) groups excluding carboxylic acids is 1. The molecule has 1 heterocycles. The predicted molar refractivity (Wildman–Crippen MR) is 87.3 cm³/mol. The van der Waals surface area contributed by atoms with Crippen LogP contribution in [0.15, 0.2) is 53.7 Å². The first kappa shape index (κ1) is 14.6. The predicted octanol–water partition coefficient (Wildman–Crippen LogP) is 3.78. The van der Waals surface area contributed by atoms with E-state index in [2.05, 4.69) is 10.5 Å². The molecule has 1 aliphatic rings. The molecule has 1 atom stereocenters. The first-order valence-electron chi connectivity index (χ1n) is 6.98. The maximum absolute atomic E-state index is 12.3. The van der Waals surface area contributed by atoms with E-state index in [4.69, 9.17) is 16.4 Å². The summed E-state index contributed by atoms with van der Waals surface area (Å²) in [6, 6.07) is 15.1. The van der Waals surface area contributed by atoms with Gasteiger partial charge in [0.2, 0.25) is 6.10 Å². The lowest BCUT2D eigenvalue weighted by Gasteiger charge is -2.11. The van der Waals surface area contributed by atoms with Gasteiger partial charge in [0.05, 0.1) is 5.71 Å². The lowest BCUT2D eigenvalue weighted by molar-refractivity contribution is -0.125. The molecule has 5 heteroatoms. The Labute approximate surface area is 133 Å². The van der Waals surface area contributed by atoms with Crippen LogP contribution in [0, 0.1) is 6.92 Å². The van der Waals surface area contributed by atoms with E-state index < -0.39 is 6.10 Å². The number of aryl methyl sites for hydroxylation is 1. The number of nitrogens with zero attached hydrogens (tertiary/aromatic N) is 1. The first-order chi connectivity index (χ1) is 10.6. The molecule has 0 bridgehead atoms. The van der Waals surface area contributed by atoms with Gasteiger partial charge in [0.1, 0.15) is 0 Å². The van der Waals surface area contributed by atoms with E-state index in [1.54, 1.807) is 12.1 Å². The summed E-state index contributed by atoms with van der Waals surface area (Å²) in [5.41, 5.74) is 3.38. The summed E-state index contributed by atoms with van der Waals surface area (Å²) in [5, 5.41) is 7.44. The second-order valence-electron chi connectivity index (χ2n) is 5.15. The monoisotopic (exact) mass is 314 g/mol. The molecule has 112 valence electrons. The van der Waals surface area contributed by atoms with Crippen molar-refractivity contribution in [2.24, 2.45) is 5.16 Å². The Morgan fingerprint density at radius 2 is 2.05 bits per heavy atom. The SMILES string of the molecule is Cc1ccc(Cl)cc1NC(=O)[C@@H]1CC(c2ccccc2)=NO1. The van der Waals surface area contributed by atoms with E-state index in [1.165, 1.54) is 0 Å². The van der Waals surface area contributed by atoms with Crippen molar-refractivity contribution in [1.29, 1.82) is 0 Å². The minimum absolute atomic E-state index is 0.222. The molecule has 0 aliphatic carbocycles. The molecule has 22 heavy (non-hydrogen) atoms. The molecule has 0 radical (unpaired) electrons. The van der Waals surface area contributed by atoms with Gasteiger partial charge in [0, 0.05) is 17.1 Å². The summed E-state index contributed by atoms with van der Waals surface area (Å²) in [6.45, 7) is 1.91. The third kappa shape index (κ3) is 3.12. The fraction of sp³-hybridized carbons (Fsp3) is 0.176. The van der Waals surface area contributed by atoms with Crippen molar-refractivity contribution in [1.82, 2.24) is 0 Å². The fourth-order valence-corrected chi connectivity index (χ4v) is 2.43. The van der Waals surface area contributed by atoms with E-state index in [1.807, 2.05) is 43.3 Å². The zero-order valence-corrected chi connectivity index (χ0v) is 12.8. The van der Waals surface area contributed by atoms with Gasteiger partial charge < -0.3 is 10.2 Å². The second-order valence-corrected chi connectivity index (χ2v) is 5.59. The van der Waals surface area contributed by atoms with Gasteiger partial charge in [-0.1, -0.05) is 53.2 Å². The molecule has 0 unspecified atom stereocenters. The van der Waals surface area contributed by atoms with Crippen molar-refractivity contribution in [3.05, 3.63) is 64.7 Å². The molecule has 1 amide bonds. The Bertz CT molecular complexity index is 729. The highest BCUT2D eigenvalue weighted by Crippen LogP contribution is 2.22. The third-order valence-corrected chi connectivity index (χ3v) is 3.76. The van der Waals surface area contributed by atoms with Gasteiger partial charge in [-0.15, -0.1) is 0 Å². The molecule has 3 rings (SSSR count). The van der Waals surface area contributed by atoms with Gasteiger partial charge >= 0.3 is 0 Å². The lowest BCUT2D eigenvalue weighted by atomic mass is 10.0. The molecule has 2 aromatic rings. The number of hydrogen-bond acceptors (Lipinski definition) is 3. The number of oxime groups is 1. The molecule has 4 nitrogen and oxygen atoms in total. The van der Waals surface area contributed by atoms with Crippen LogP contribution in [0.2, 0.25) is 5.02 Å². The van der Waals surface area contributed by atoms with Gasteiger partial charge in [-0.3, -0.25) is 4.79 Å². The Morgan fingerprint density at radius 3 is 2.82 bits per heavy atom. The molecule has 0 saturated heterocycles. The highest BCUT2D eigenvalue weighted by molar-refractivity contribution is 6.31. The van der Waals surface area contributed by atoms with Gasteiger partial charge in [-0.2, -0.15) is 0 Å². The van der Waals surface area contributed by atoms with Crippen molar-refractivity contribution in [2.75, 3.05) is 5.32 Å². The summed E-state index contributed by atoms with van der Waals surface area (Å²) in [7, 11) is 0. The smallest absolute Gasteiger partial charge is 0.268 e. The first-order valence-corrected chi connectivity index (χ1v) is 7.36. The van der Waals surface area contributed by atoms with Gasteiger partial charge in [0.15, 0.2) is 0 Å². The summed E-state index contributed by atoms with van der Waals surface area (Å²) < 4.78 is 0. The Kier molecular flexibility index (Phi) is 4.11. The fourth-order valence-electron chi connectivity index (χ4n) is 2.26. The van der Waals surface area contributed by atoms with Crippen molar-refractivity contribution in [3.8, 4) is 0 Å². The number of rotatable bonds is 3. The molecule has 1 aliphatic heterocycles. The van der Waals surface area contributed by atoms with E-state index in [0.29, 0.717) is 17.1 Å². The molecule has 0 aromatic heterocycles. The van der Waals surface area contributed by atoms with Crippen LogP contribution in [0.4, 0.5) is 5.69 Å². The molecule has 0 fully saturated rings. The molecule has 0 spiro atoms. The van der Waals surface area contributed by atoms with Crippen molar-refractivity contribution < 1.29 is 9.63 Å². The van der Waals surface area contributed by atoms with Crippen molar-refractivity contribution in [3.63, 3.8) is 0 Å². The number of amides is 1. The maximum Gasteiger partial charge on any atom is 0.268 e. The summed E-state index contributed by atoms with van der Waals surface area (Å²) in [5.74, 6) is -0.222. The van der Waals surface area contributed by atoms with E-state index in [-0.39, 0.29) is 5.91 Å². The highest BCUT2D eigenvalue weighted by Gasteiger charge is 2.29. The quantitative estimate of drug-likeness (QED) is 0.937. The number of halogens is 1. The van der Waals surface area contributed by atoms with Crippen LogP contribution < -0.4 is 5.32 Å². The number of carbonyl (C=O) groups is 1. The zero-order valence-electron chi connectivity index (χ0n) is 12.0. The Morgan fingerprint density at radius 1 is 1.27 bits per heavy atom. The average Bonchev–Trinajstić information content (AvgIpc) is 3.02. The standard InChI is InChI=1S/C17H15ClN2O2/c1-11-7-8-13(18)9-14(11)19-17(21)16-10-15(20-22-16)12-5-3-2-4-6-12/h2-9,16H,10H2,1H3,(H,19,21)/t16-/m0/s1. The summed E-state index contributed by atoms with van der Waals surface area (Å²) in [6.07, 6.45) is -0.163. The third-order valence-electron chi connectivity index (χ3n) is 3.53. The minimum Gasteiger partial charge on any atom is -0.382 e. The van der Waals surface area contributed by atoms with E-state index in [9.17, 15) is 4.79 Å². The van der Waals surface area contributed by atoms with E-state index >= 15 is 0 Å². The van der Waals surface area contributed by atoms with Crippen molar-refractivity contribution in [2.45, 2.75) is 19.4 Å². The summed E-state index contributed by atoms with van der Waals surface area (Å²) >= 11 is 5.96. The largest absolute Gasteiger partial charge is 0.382 e. The van der Waals surface area contributed by atoms with Crippen LogP contribution in [0.3, 0.4) is 0 Å². The average molecular weight is 315 g/mol. The Balaban J connectivity index is 1.67.